The highest BCUT2D eigenvalue weighted by atomic mass is 16.2. The Kier molecular flexibility index (Phi) is 3.82. The third kappa shape index (κ3) is 3.00. The SMILES string of the molecule is CC(=O)NCCNC(=O)[C@@H]1Cc2ccccc2N1. The Bertz CT molecular complexity index is 434. The van der Waals surface area contributed by atoms with Crippen LogP contribution in [0.25, 0.3) is 0 Å². The lowest BCUT2D eigenvalue weighted by molar-refractivity contribution is -0.122. The molecule has 1 aromatic rings. The Hall–Kier alpha value is -2.04. The van der Waals surface area contributed by atoms with Gasteiger partial charge < -0.3 is 16.0 Å². The number of hydrogen-bond acceptors (Lipinski definition) is 3. The van der Waals surface area contributed by atoms with Crippen molar-refractivity contribution in [2.45, 2.75) is 19.4 Å². The van der Waals surface area contributed by atoms with Gasteiger partial charge in [-0.05, 0) is 11.6 Å². The summed E-state index contributed by atoms with van der Waals surface area (Å²) in [5, 5.41) is 8.62. The molecule has 0 saturated heterocycles. The molecule has 5 heteroatoms. The highest BCUT2D eigenvalue weighted by Gasteiger charge is 2.25. The molecule has 3 N–H and O–H groups in total. The lowest BCUT2D eigenvalue weighted by Crippen LogP contribution is -2.41. The van der Waals surface area contributed by atoms with Gasteiger partial charge in [0.25, 0.3) is 0 Å². The average molecular weight is 247 g/mol. The maximum absolute atomic E-state index is 11.9. The van der Waals surface area contributed by atoms with Crippen LogP contribution in [-0.4, -0.2) is 30.9 Å². The Morgan fingerprint density at radius 2 is 2.00 bits per heavy atom. The van der Waals surface area contributed by atoms with E-state index in [0.717, 1.165) is 5.69 Å². The van der Waals surface area contributed by atoms with Crippen LogP contribution in [0, 0.1) is 0 Å². The fourth-order valence-corrected chi connectivity index (χ4v) is 2.00. The second-order valence-corrected chi connectivity index (χ2v) is 4.33. The van der Waals surface area contributed by atoms with Crippen LogP contribution >= 0.6 is 0 Å². The minimum atomic E-state index is -0.209. The highest BCUT2D eigenvalue weighted by Crippen LogP contribution is 2.24. The summed E-state index contributed by atoms with van der Waals surface area (Å²) in [6.45, 7) is 2.37. The number of para-hydroxylation sites is 1. The summed E-state index contributed by atoms with van der Waals surface area (Å²) >= 11 is 0. The largest absolute Gasteiger partial charge is 0.373 e. The van der Waals surface area contributed by atoms with Crippen molar-refractivity contribution in [2.75, 3.05) is 18.4 Å². The molecule has 1 heterocycles. The van der Waals surface area contributed by atoms with Gasteiger partial charge in [0.1, 0.15) is 6.04 Å². The van der Waals surface area contributed by atoms with E-state index in [4.69, 9.17) is 0 Å². The lowest BCUT2D eigenvalue weighted by atomic mass is 10.1. The first-order valence-corrected chi connectivity index (χ1v) is 6.03. The van der Waals surface area contributed by atoms with Crippen LogP contribution in [0.15, 0.2) is 24.3 Å². The van der Waals surface area contributed by atoms with Crippen LogP contribution in [0.5, 0.6) is 0 Å². The third-order valence-electron chi connectivity index (χ3n) is 2.89. The van der Waals surface area contributed by atoms with Crippen LogP contribution in [0.1, 0.15) is 12.5 Å². The number of anilines is 1. The number of amides is 2. The monoisotopic (exact) mass is 247 g/mol. The molecule has 0 saturated carbocycles. The summed E-state index contributed by atoms with van der Waals surface area (Å²) in [5.41, 5.74) is 2.19. The Balaban J connectivity index is 1.77. The molecule has 0 radical (unpaired) electrons. The highest BCUT2D eigenvalue weighted by molar-refractivity contribution is 5.87. The van der Waals surface area contributed by atoms with E-state index < -0.39 is 0 Å². The van der Waals surface area contributed by atoms with E-state index in [1.807, 2.05) is 24.3 Å². The molecule has 18 heavy (non-hydrogen) atoms. The van der Waals surface area contributed by atoms with E-state index in [9.17, 15) is 9.59 Å². The molecule has 1 aliphatic rings. The van der Waals surface area contributed by atoms with Gasteiger partial charge in [0, 0.05) is 32.1 Å². The number of carbonyl (C=O) groups is 2. The molecule has 1 aliphatic heterocycles. The zero-order valence-corrected chi connectivity index (χ0v) is 10.3. The topological polar surface area (TPSA) is 70.2 Å². The van der Waals surface area contributed by atoms with Gasteiger partial charge in [-0.1, -0.05) is 18.2 Å². The zero-order chi connectivity index (χ0) is 13.0. The molecular weight excluding hydrogens is 230 g/mol. The minimum Gasteiger partial charge on any atom is -0.373 e. The van der Waals surface area contributed by atoms with Crippen molar-refractivity contribution in [3.63, 3.8) is 0 Å². The number of carbonyl (C=O) groups excluding carboxylic acids is 2. The van der Waals surface area contributed by atoms with Gasteiger partial charge in [-0.3, -0.25) is 9.59 Å². The van der Waals surface area contributed by atoms with Gasteiger partial charge in [0.15, 0.2) is 0 Å². The molecule has 0 bridgehead atoms. The number of hydrogen-bond donors (Lipinski definition) is 3. The molecule has 0 spiro atoms. The van der Waals surface area contributed by atoms with E-state index >= 15 is 0 Å². The molecule has 2 rings (SSSR count). The molecule has 1 aromatic carbocycles. The normalized spacial score (nSPS) is 16.6. The standard InChI is InChI=1S/C13H17N3O2/c1-9(17)14-6-7-15-13(18)12-8-10-4-2-3-5-11(10)16-12/h2-5,12,16H,6-8H2,1H3,(H,14,17)(H,15,18)/t12-/m0/s1. The molecule has 1 atom stereocenters. The van der Waals surface area contributed by atoms with Crippen molar-refractivity contribution in [1.82, 2.24) is 10.6 Å². The lowest BCUT2D eigenvalue weighted by Gasteiger charge is -2.11. The second-order valence-electron chi connectivity index (χ2n) is 4.33. The van der Waals surface area contributed by atoms with Gasteiger partial charge >= 0.3 is 0 Å². The van der Waals surface area contributed by atoms with E-state index in [-0.39, 0.29) is 17.9 Å². The second kappa shape index (κ2) is 5.53. The van der Waals surface area contributed by atoms with E-state index in [1.165, 1.54) is 12.5 Å². The summed E-state index contributed by atoms with van der Waals surface area (Å²) < 4.78 is 0. The number of rotatable bonds is 4. The van der Waals surface area contributed by atoms with Crippen molar-refractivity contribution in [3.8, 4) is 0 Å². The van der Waals surface area contributed by atoms with Crippen molar-refractivity contribution >= 4 is 17.5 Å². The first kappa shape index (κ1) is 12.4. The van der Waals surface area contributed by atoms with Crippen LogP contribution in [0.2, 0.25) is 0 Å². The molecular formula is C13H17N3O2. The average Bonchev–Trinajstić information content (AvgIpc) is 2.78. The van der Waals surface area contributed by atoms with Gasteiger partial charge in [0.05, 0.1) is 0 Å². The predicted octanol–water partition coefficient (Wildman–Crippen LogP) is 0.276. The molecule has 2 amide bonds. The predicted molar refractivity (Wildman–Crippen MR) is 69.3 cm³/mol. The number of nitrogens with one attached hydrogen (secondary N) is 3. The van der Waals surface area contributed by atoms with Crippen LogP contribution in [0.3, 0.4) is 0 Å². The fraction of sp³-hybridized carbons (Fsp3) is 0.385. The van der Waals surface area contributed by atoms with E-state index in [0.29, 0.717) is 19.5 Å². The summed E-state index contributed by atoms with van der Waals surface area (Å²) in [6, 6.07) is 7.70. The molecule has 0 unspecified atom stereocenters. The minimum absolute atomic E-state index is 0.0310. The quantitative estimate of drug-likeness (QED) is 0.669. The van der Waals surface area contributed by atoms with Gasteiger partial charge in [-0.2, -0.15) is 0 Å². The van der Waals surface area contributed by atoms with Crippen molar-refractivity contribution in [3.05, 3.63) is 29.8 Å². The first-order valence-electron chi connectivity index (χ1n) is 6.03. The Morgan fingerprint density at radius 3 is 2.72 bits per heavy atom. The van der Waals surface area contributed by atoms with E-state index in [1.54, 1.807) is 0 Å². The van der Waals surface area contributed by atoms with Crippen molar-refractivity contribution < 1.29 is 9.59 Å². The Morgan fingerprint density at radius 1 is 1.28 bits per heavy atom. The van der Waals surface area contributed by atoms with Crippen LogP contribution in [0.4, 0.5) is 5.69 Å². The maximum Gasteiger partial charge on any atom is 0.242 e. The van der Waals surface area contributed by atoms with Gasteiger partial charge in [-0.25, -0.2) is 0 Å². The summed E-state index contributed by atoms with van der Waals surface area (Å²) in [4.78, 5) is 22.5. The van der Waals surface area contributed by atoms with Gasteiger partial charge in [-0.15, -0.1) is 0 Å². The molecule has 0 aromatic heterocycles. The summed E-state index contributed by atoms with van der Waals surface area (Å²) in [5.74, 6) is -0.118. The molecule has 5 nitrogen and oxygen atoms in total. The van der Waals surface area contributed by atoms with E-state index in [2.05, 4.69) is 16.0 Å². The molecule has 96 valence electrons. The fourth-order valence-electron chi connectivity index (χ4n) is 2.00. The Labute approximate surface area is 106 Å². The molecule has 0 fully saturated rings. The van der Waals surface area contributed by atoms with Crippen molar-refractivity contribution in [1.29, 1.82) is 0 Å². The van der Waals surface area contributed by atoms with Gasteiger partial charge in [0.2, 0.25) is 11.8 Å². The maximum atomic E-state index is 11.9. The van der Waals surface area contributed by atoms with Crippen LogP contribution in [-0.2, 0) is 16.0 Å². The smallest absolute Gasteiger partial charge is 0.242 e. The summed E-state index contributed by atoms with van der Waals surface area (Å²) in [7, 11) is 0. The number of benzene rings is 1. The van der Waals surface area contributed by atoms with Crippen molar-refractivity contribution in [2.24, 2.45) is 0 Å². The summed E-state index contributed by atoms with van der Waals surface area (Å²) in [6.07, 6.45) is 0.710. The van der Waals surface area contributed by atoms with Crippen LogP contribution < -0.4 is 16.0 Å². The third-order valence-corrected chi connectivity index (χ3v) is 2.89. The zero-order valence-electron chi connectivity index (χ0n) is 10.3. The molecule has 0 aliphatic carbocycles. The first-order chi connectivity index (χ1) is 8.66. The number of fused-ring (bicyclic) bond motifs is 1.